The van der Waals surface area contributed by atoms with Gasteiger partial charge in [-0.05, 0) is 47.0 Å². The standard InChI is InChI=1S/C9H10BrIS/c1-7-6-9(10)12-8(7)4-2-3-5-11/h2,4,6H,3,5H2,1H3/b4-2-. The Kier molecular flexibility index (Phi) is 4.82. The lowest BCUT2D eigenvalue weighted by Crippen LogP contribution is -1.68. The minimum atomic E-state index is 1.16. The summed E-state index contributed by atoms with van der Waals surface area (Å²) in [4.78, 5) is 1.37. The molecule has 0 aliphatic rings. The van der Waals surface area contributed by atoms with E-state index < -0.39 is 0 Å². The van der Waals surface area contributed by atoms with Crippen LogP contribution in [0.3, 0.4) is 0 Å². The van der Waals surface area contributed by atoms with E-state index in [1.54, 1.807) is 11.3 Å². The first-order valence-corrected chi connectivity index (χ1v) is 6.86. The molecule has 0 aliphatic heterocycles. The zero-order valence-electron chi connectivity index (χ0n) is 6.81. The summed E-state index contributed by atoms with van der Waals surface area (Å²) in [5.41, 5.74) is 1.36. The topological polar surface area (TPSA) is 0 Å². The minimum Gasteiger partial charge on any atom is -0.129 e. The van der Waals surface area contributed by atoms with E-state index in [2.05, 4.69) is 63.7 Å². The summed E-state index contributed by atoms with van der Waals surface area (Å²) in [6.45, 7) is 2.14. The molecule has 0 amide bonds. The van der Waals surface area contributed by atoms with Gasteiger partial charge in [0.15, 0.2) is 0 Å². The molecule has 12 heavy (non-hydrogen) atoms. The summed E-state index contributed by atoms with van der Waals surface area (Å²) in [7, 11) is 0. The summed E-state index contributed by atoms with van der Waals surface area (Å²) < 4.78 is 2.41. The van der Waals surface area contributed by atoms with Gasteiger partial charge in [0.05, 0.1) is 3.79 Å². The smallest absolute Gasteiger partial charge is 0.0707 e. The normalized spacial score (nSPS) is 11.2. The van der Waals surface area contributed by atoms with E-state index >= 15 is 0 Å². The Bertz CT molecular complexity index is 278. The van der Waals surface area contributed by atoms with Crippen molar-refractivity contribution in [2.24, 2.45) is 0 Å². The Balaban J connectivity index is 2.68. The van der Waals surface area contributed by atoms with Crippen molar-refractivity contribution in [1.82, 2.24) is 0 Å². The van der Waals surface area contributed by atoms with E-state index in [4.69, 9.17) is 0 Å². The molecule has 0 nitrogen and oxygen atoms in total. The molecule has 1 rings (SSSR count). The first-order chi connectivity index (χ1) is 5.74. The van der Waals surface area contributed by atoms with Crippen LogP contribution in [-0.2, 0) is 0 Å². The van der Waals surface area contributed by atoms with Gasteiger partial charge in [0, 0.05) is 9.30 Å². The van der Waals surface area contributed by atoms with E-state index in [-0.39, 0.29) is 0 Å². The number of aryl methyl sites for hydroxylation is 1. The summed E-state index contributed by atoms with van der Waals surface area (Å²) >= 11 is 7.65. The Morgan fingerprint density at radius 3 is 2.92 bits per heavy atom. The highest BCUT2D eigenvalue weighted by atomic mass is 127. The molecule has 0 N–H and O–H groups in total. The van der Waals surface area contributed by atoms with Crippen molar-refractivity contribution in [2.45, 2.75) is 13.3 Å². The molecule has 0 aromatic carbocycles. The molecule has 0 saturated carbocycles. The van der Waals surface area contributed by atoms with Gasteiger partial charge in [-0.25, -0.2) is 0 Å². The first-order valence-electron chi connectivity index (χ1n) is 3.72. The van der Waals surface area contributed by atoms with Crippen LogP contribution in [0.25, 0.3) is 6.08 Å². The third-order valence-corrected chi connectivity index (χ3v) is 3.80. The van der Waals surface area contributed by atoms with E-state index in [1.807, 2.05) is 0 Å². The molecule has 1 aromatic heterocycles. The maximum atomic E-state index is 3.48. The third-order valence-electron chi connectivity index (χ3n) is 1.47. The van der Waals surface area contributed by atoms with E-state index in [0.717, 1.165) is 6.42 Å². The lowest BCUT2D eigenvalue weighted by atomic mass is 10.2. The summed E-state index contributed by atoms with van der Waals surface area (Å²) in [5, 5.41) is 0. The van der Waals surface area contributed by atoms with Crippen molar-refractivity contribution in [3.05, 3.63) is 26.4 Å². The molecule has 0 atom stereocenters. The lowest BCUT2D eigenvalue weighted by molar-refractivity contribution is 1.29. The molecule has 0 spiro atoms. The Labute approximate surface area is 99.3 Å². The number of thiophene rings is 1. The molecular formula is C9H10BrIS. The largest absolute Gasteiger partial charge is 0.129 e. The molecule has 3 heteroatoms. The van der Waals surface area contributed by atoms with Crippen LogP contribution in [-0.4, -0.2) is 4.43 Å². The second kappa shape index (κ2) is 5.40. The second-order valence-electron chi connectivity index (χ2n) is 2.48. The van der Waals surface area contributed by atoms with Gasteiger partial charge >= 0.3 is 0 Å². The molecule has 0 bridgehead atoms. The number of allylic oxidation sites excluding steroid dienone is 1. The van der Waals surface area contributed by atoms with Crippen LogP contribution in [0.15, 0.2) is 15.9 Å². The van der Waals surface area contributed by atoms with Crippen molar-refractivity contribution in [3.8, 4) is 0 Å². The predicted molar refractivity (Wildman–Crippen MR) is 69.3 cm³/mol. The van der Waals surface area contributed by atoms with Gasteiger partial charge in [-0.2, -0.15) is 0 Å². The Morgan fingerprint density at radius 1 is 1.67 bits per heavy atom. The van der Waals surface area contributed by atoms with Crippen molar-refractivity contribution < 1.29 is 0 Å². The molecule has 0 saturated heterocycles. The number of rotatable bonds is 3. The molecule has 66 valence electrons. The number of alkyl halides is 1. The zero-order valence-corrected chi connectivity index (χ0v) is 11.4. The van der Waals surface area contributed by atoms with Crippen LogP contribution in [0.5, 0.6) is 0 Å². The predicted octanol–water partition coefficient (Wildman–Crippen LogP) is 4.66. The number of hydrogen-bond donors (Lipinski definition) is 0. The highest BCUT2D eigenvalue weighted by Crippen LogP contribution is 2.27. The summed E-state index contributed by atoms with van der Waals surface area (Å²) in [6, 6.07) is 2.16. The van der Waals surface area contributed by atoms with E-state index in [1.165, 1.54) is 18.7 Å². The van der Waals surface area contributed by atoms with Crippen LogP contribution in [0.4, 0.5) is 0 Å². The monoisotopic (exact) mass is 356 g/mol. The van der Waals surface area contributed by atoms with Crippen molar-refractivity contribution in [1.29, 1.82) is 0 Å². The van der Waals surface area contributed by atoms with Crippen LogP contribution < -0.4 is 0 Å². The maximum Gasteiger partial charge on any atom is 0.0707 e. The summed E-state index contributed by atoms with van der Waals surface area (Å²) in [6.07, 6.45) is 5.61. The van der Waals surface area contributed by atoms with Crippen molar-refractivity contribution in [3.63, 3.8) is 0 Å². The average molecular weight is 357 g/mol. The van der Waals surface area contributed by atoms with E-state index in [0.29, 0.717) is 0 Å². The quantitative estimate of drug-likeness (QED) is 0.546. The summed E-state index contributed by atoms with van der Waals surface area (Å²) in [5.74, 6) is 0. The van der Waals surface area contributed by atoms with Gasteiger partial charge < -0.3 is 0 Å². The van der Waals surface area contributed by atoms with Gasteiger partial charge in [0.25, 0.3) is 0 Å². The van der Waals surface area contributed by atoms with Crippen LogP contribution in [0, 0.1) is 6.92 Å². The van der Waals surface area contributed by atoms with Gasteiger partial charge in [-0.1, -0.05) is 28.7 Å². The maximum absolute atomic E-state index is 3.48. The molecule has 0 aliphatic carbocycles. The van der Waals surface area contributed by atoms with Crippen molar-refractivity contribution >= 4 is 55.9 Å². The van der Waals surface area contributed by atoms with Gasteiger partial charge in [-0.3, -0.25) is 0 Å². The number of halogens is 2. The molecule has 0 radical (unpaired) electrons. The molecule has 0 fully saturated rings. The Hall–Kier alpha value is 0.650. The fourth-order valence-electron chi connectivity index (χ4n) is 0.875. The number of hydrogen-bond acceptors (Lipinski definition) is 1. The lowest BCUT2D eigenvalue weighted by Gasteiger charge is -1.87. The second-order valence-corrected chi connectivity index (χ2v) is 6.02. The van der Waals surface area contributed by atoms with Gasteiger partial charge in [-0.15, -0.1) is 11.3 Å². The van der Waals surface area contributed by atoms with Gasteiger partial charge in [0.1, 0.15) is 0 Å². The first kappa shape index (κ1) is 10.7. The van der Waals surface area contributed by atoms with Crippen LogP contribution in [0.1, 0.15) is 16.9 Å². The van der Waals surface area contributed by atoms with Crippen LogP contribution in [0.2, 0.25) is 0 Å². The van der Waals surface area contributed by atoms with Crippen LogP contribution >= 0.6 is 49.9 Å². The van der Waals surface area contributed by atoms with Crippen molar-refractivity contribution in [2.75, 3.05) is 4.43 Å². The molecule has 0 unspecified atom stereocenters. The fraction of sp³-hybridized carbons (Fsp3) is 0.333. The molecular weight excluding hydrogens is 347 g/mol. The third kappa shape index (κ3) is 3.18. The Morgan fingerprint density at radius 2 is 2.42 bits per heavy atom. The fourth-order valence-corrected chi connectivity index (χ4v) is 2.93. The molecule has 1 heterocycles. The minimum absolute atomic E-state index is 1.16. The SMILES string of the molecule is Cc1cc(Br)sc1/C=C\CCI. The average Bonchev–Trinajstić information content (AvgIpc) is 2.31. The van der Waals surface area contributed by atoms with E-state index in [9.17, 15) is 0 Å². The molecule has 1 aromatic rings. The highest BCUT2D eigenvalue weighted by Gasteiger charge is 1.98. The van der Waals surface area contributed by atoms with Gasteiger partial charge in [0.2, 0.25) is 0 Å². The zero-order chi connectivity index (χ0) is 8.97. The highest BCUT2D eigenvalue weighted by molar-refractivity contribution is 14.1.